The van der Waals surface area contributed by atoms with E-state index in [1.54, 1.807) is 16.9 Å². The number of hydrogen-bond donors (Lipinski definition) is 2. The molecule has 3 aromatic heterocycles. The summed E-state index contributed by atoms with van der Waals surface area (Å²) in [5, 5.41) is 26.6. The molecule has 4 aromatic rings. The number of carboxylic acid groups (broad SMARTS) is 1. The van der Waals surface area contributed by atoms with Crippen molar-refractivity contribution in [3.05, 3.63) is 82.9 Å². The summed E-state index contributed by atoms with van der Waals surface area (Å²) >= 11 is 0. The average molecular weight is 483 g/mol. The molecule has 10 heteroatoms. The van der Waals surface area contributed by atoms with Crippen molar-refractivity contribution in [2.24, 2.45) is 0 Å². The highest BCUT2D eigenvalue weighted by Crippen LogP contribution is 2.27. The van der Waals surface area contributed by atoms with Gasteiger partial charge in [0.05, 0.1) is 41.5 Å². The number of hydrogen-bond acceptors (Lipinski definition) is 8. The van der Waals surface area contributed by atoms with E-state index in [0.717, 1.165) is 17.0 Å². The first kappa shape index (κ1) is 24.5. The molecule has 0 bridgehead atoms. The molecule has 10 nitrogen and oxygen atoms in total. The molecule has 0 spiro atoms. The van der Waals surface area contributed by atoms with Gasteiger partial charge in [-0.3, -0.25) is 9.78 Å². The smallest absolute Gasteiger partial charge is 0.303 e. The van der Waals surface area contributed by atoms with Gasteiger partial charge in [0.15, 0.2) is 0 Å². The normalized spacial score (nSPS) is 11.2. The quantitative estimate of drug-likeness (QED) is 0.365. The van der Waals surface area contributed by atoms with E-state index in [4.69, 9.17) is 21.1 Å². The molecule has 0 saturated carbocycles. The Morgan fingerprint density at radius 3 is 2.67 bits per heavy atom. The van der Waals surface area contributed by atoms with Gasteiger partial charge >= 0.3 is 5.97 Å². The van der Waals surface area contributed by atoms with Crippen LogP contribution in [0.25, 0.3) is 11.4 Å². The molecule has 3 N–H and O–H groups in total. The molecule has 0 atom stereocenters. The van der Waals surface area contributed by atoms with Crippen molar-refractivity contribution < 1.29 is 9.90 Å². The number of nitrogen functional groups attached to an aromatic ring is 1. The Hall–Kier alpha value is -4.65. The number of carboxylic acids is 1. The predicted octanol–water partition coefficient (Wildman–Crippen LogP) is 3.37. The largest absolute Gasteiger partial charge is 0.481 e. The molecule has 0 saturated heterocycles. The second-order valence-corrected chi connectivity index (χ2v) is 9.18. The molecule has 0 aliphatic rings. The van der Waals surface area contributed by atoms with Gasteiger partial charge in [-0.1, -0.05) is 37.3 Å². The third-order valence-electron chi connectivity index (χ3n) is 5.83. The number of carbonyl (C=O) groups is 1. The van der Waals surface area contributed by atoms with Crippen molar-refractivity contribution in [3.63, 3.8) is 0 Å². The Labute approximate surface area is 208 Å². The van der Waals surface area contributed by atoms with E-state index in [1.807, 2.05) is 56.3 Å². The van der Waals surface area contributed by atoms with Gasteiger partial charge in [0.2, 0.25) is 5.95 Å². The molecule has 0 fully saturated rings. The van der Waals surface area contributed by atoms with Gasteiger partial charge in [-0.15, -0.1) is 5.10 Å². The molecule has 4 rings (SSSR count). The number of nitriles is 1. The van der Waals surface area contributed by atoms with Gasteiger partial charge in [0.25, 0.3) is 0 Å². The molecular formula is C26H26N8O2. The maximum atomic E-state index is 11.0. The van der Waals surface area contributed by atoms with Crippen LogP contribution < -0.4 is 5.73 Å². The van der Waals surface area contributed by atoms with Crippen LogP contribution in [-0.4, -0.2) is 41.0 Å². The molecule has 3 heterocycles. The van der Waals surface area contributed by atoms with Gasteiger partial charge in [0, 0.05) is 24.0 Å². The lowest BCUT2D eigenvalue weighted by atomic mass is 9.84. The summed E-state index contributed by atoms with van der Waals surface area (Å²) in [6.45, 7) is 4.37. The van der Waals surface area contributed by atoms with Crippen LogP contribution in [-0.2, 0) is 23.2 Å². The monoisotopic (exact) mass is 482 g/mol. The Balaban J connectivity index is 1.51. The second kappa shape index (κ2) is 10.3. The number of aliphatic carboxylic acids is 1. The number of aromatic nitrogens is 6. The maximum absolute atomic E-state index is 11.0. The third kappa shape index (κ3) is 6.07. The standard InChI is InChI=1S/C26H26N8O2/c1-26(2,10-9-24(35)36)23-8-4-7-19(29-23)15-34-16-22(32-33-34)21-13-20(30-25(28)31-21)12-17-5-3-6-18(11-17)14-27/h3-8,11,13,16H,9-10,12,15H2,1-2H3,(H,35,36)(H2,28,30,31). The van der Waals surface area contributed by atoms with E-state index in [2.05, 4.69) is 26.3 Å². The minimum Gasteiger partial charge on any atom is -0.481 e. The molecule has 0 unspecified atom stereocenters. The first-order valence-electron chi connectivity index (χ1n) is 11.4. The lowest BCUT2D eigenvalue weighted by molar-refractivity contribution is -0.137. The molecule has 0 amide bonds. The molecule has 0 aliphatic heterocycles. The molecule has 182 valence electrons. The van der Waals surface area contributed by atoms with E-state index < -0.39 is 5.97 Å². The van der Waals surface area contributed by atoms with Gasteiger partial charge in [-0.2, -0.15) is 5.26 Å². The van der Waals surface area contributed by atoms with Crippen LogP contribution >= 0.6 is 0 Å². The lowest BCUT2D eigenvalue weighted by Crippen LogP contribution is -2.21. The minimum absolute atomic E-state index is 0.0825. The Kier molecular flexibility index (Phi) is 7.01. The fourth-order valence-electron chi connectivity index (χ4n) is 3.85. The van der Waals surface area contributed by atoms with Crippen molar-refractivity contribution in [2.45, 2.75) is 45.1 Å². The van der Waals surface area contributed by atoms with Crippen molar-refractivity contribution in [1.29, 1.82) is 5.26 Å². The van der Waals surface area contributed by atoms with Crippen LogP contribution in [0.4, 0.5) is 5.95 Å². The van der Waals surface area contributed by atoms with Crippen LogP contribution in [0.2, 0.25) is 0 Å². The predicted molar refractivity (Wildman–Crippen MR) is 133 cm³/mol. The van der Waals surface area contributed by atoms with Gasteiger partial charge in [-0.25, -0.2) is 14.6 Å². The van der Waals surface area contributed by atoms with Crippen LogP contribution in [0.1, 0.15) is 54.9 Å². The lowest BCUT2D eigenvalue weighted by Gasteiger charge is -2.23. The molecule has 0 radical (unpaired) electrons. The number of nitrogens with zero attached hydrogens (tertiary/aromatic N) is 7. The van der Waals surface area contributed by atoms with Crippen LogP contribution in [0.3, 0.4) is 0 Å². The summed E-state index contributed by atoms with van der Waals surface area (Å²) in [6, 6.07) is 17.0. The van der Waals surface area contributed by atoms with Gasteiger partial charge in [0.1, 0.15) is 5.69 Å². The number of anilines is 1. The van der Waals surface area contributed by atoms with E-state index in [0.29, 0.717) is 42.0 Å². The van der Waals surface area contributed by atoms with Gasteiger partial charge < -0.3 is 10.8 Å². The summed E-state index contributed by atoms with van der Waals surface area (Å²) in [5.74, 6) is -0.690. The topological polar surface area (TPSA) is 156 Å². The minimum atomic E-state index is -0.821. The van der Waals surface area contributed by atoms with E-state index in [-0.39, 0.29) is 17.8 Å². The van der Waals surface area contributed by atoms with E-state index >= 15 is 0 Å². The maximum Gasteiger partial charge on any atom is 0.303 e. The zero-order valence-corrected chi connectivity index (χ0v) is 20.1. The van der Waals surface area contributed by atoms with Crippen molar-refractivity contribution in [1.82, 2.24) is 29.9 Å². The highest BCUT2D eigenvalue weighted by Gasteiger charge is 2.23. The number of nitrogens with two attached hydrogens (primary N) is 1. The summed E-state index contributed by atoms with van der Waals surface area (Å²) in [5.41, 5.74) is 10.5. The summed E-state index contributed by atoms with van der Waals surface area (Å²) < 4.78 is 1.67. The molecule has 0 aliphatic carbocycles. The average Bonchev–Trinajstić information content (AvgIpc) is 3.31. The first-order chi connectivity index (χ1) is 17.2. The summed E-state index contributed by atoms with van der Waals surface area (Å²) in [7, 11) is 0. The molecular weight excluding hydrogens is 456 g/mol. The fraction of sp³-hybridized carbons (Fsp3) is 0.269. The highest BCUT2D eigenvalue weighted by molar-refractivity contribution is 5.66. The second-order valence-electron chi connectivity index (χ2n) is 9.18. The number of rotatable bonds is 9. The Morgan fingerprint density at radius 1 is 1.08 bits per heavy atom. The zero-order valence-electron chi connectivity index (χ0n) is 20.1. The summed E-state index contributed by atoms with van der Waals surface area (Å²) in [6.07, 6.45) is 2.84. The molecule has 1 aromatic carbocycles. The van der Waals surface area contributed by atoms with Crippen LogP contribution in [0.5, 0.6) is 0 Å². The summed E-state index contributed by atoms with van der Waals surface area (Å²) in [4.78, 5) is 24.4. The van der Waals surface area contributed by atoms with E-state index in [9.17, 15) is 4.79 Å². The number of benzene rings is 1. The number of pyridine rings is 1. The van der Waals surface area contributed by atoms with Crippen molar-refractivity contribution in [2.75, 3.05) is 5.73 Å². The Bertz CT molecular complexity index is 1440. The van der Waals surface area contributed by atoms with Gasteiger partial charge in [-0.05, 0) is 42.3 Å². The zero-order chi connectivity index (χ0) is 25.7. The third-order valence-corrected chi connectivity index (χ3v) is 5.83. The van der Waals surface area contributed by atoms with Crippen molar-refractivity contribution >= 4 is 11.9 Å². The Morgan fingerprint density at radius 2 is 1.89 bits per heavy atom. The molecule has 36 heavy (non-hydrogen) atoms. The van der Waals surface area contributed by atoms with E-state index in [1.165, 1.54) is 0 Å². The highest BCUT2D eigenvalue weighted by atomic mass is 16.4. The first-order valence-corrected chi connectivity index (χ1v) is 11.4. The van der Waals surface area contributed by atoms with Crippen LogP contribution in [0.15, 0.2) is 54.7 Å². The van der Waals surface area contributed by atoms with Crippen molar-refractivity contribution in [3.8, 4) is 17.5 Å². The fourth-order valence-corrected chi connectivity index (χ4v) is 3.85. The van der Waals surface area contributed by atoms with Crippen LogP contribution in [0, 0.1) is 11.3 Å². The SMILES string of the molecule is CC(C)(CCC(=O)O)c1cccc(Cn2cc(-c3cc(Cc4cccc(C#N)c4)nc(N)n3)nn2)n1.